The van der Waals surface area contributed by atoms with Crippen molar-refractivity contribution in [2.24, 2.45) is 0 Å². The molecule has 146 valence electrons. The molecule has 0 amide bonds. The first-order chi connectivity index (χ1) is 11.3. The average molecular weight is 365 g/mol. The van der Waals surface area contributed by atoms with Gasteiger partial charge in [0.25, 0.3) is 0 Å². The van der Waals surface area contributed by atoms with E-state index in [9.17, 15) is 4.57 Å². The number of phosphoric acid groups is 1. The predicted octanol–water partition coefficient (Wildman–Crippen LogP) is 5.64. The summed E-state index contributed by atoms with van der Waals surface area (Å²) in [5.41, 5.74) is 0. The Bertz CT molecular complexity index is 323. The van der Waals surface area contributed by atoms with Crippen molar-refractivity contribution in [1.29, 1.82) is 0 Å². The third-order valence-corrected chi connectivity index (χ3v) is 5.31. The van der Waals surface area contributed by atoms with Gasteiger partial charge >= 0.3 is 7.82 Å². The van der Waals surface area contributed by atoms with Gasteiger partial charge in [-0.2, -0.15) is 0 Å². The van der Waals surface area contributed by atoms with E-state index in [4.69, 9.17) is 13.6 Å². The van der Waals surface area contributed by atoms with E-state index in [1.54, 1.807) is 0 Å². The van der Waals surface area contributed by atoms with E-state index in [-0.39, 0.29) is 12.2 Å². The summed E-state index contributed by atoms with van der Waals surface area (Å²) in [4.78, 5) is 2.49. The van der Waals surface area contributed by atoms with E-state index < -0.39 is 7.82 Å². The maximum Gasteiger partial charge on any atom is 0.475 e. The number of phosphoric ester groups is 1. The van der Waals surface area contributed by atoms with E-state index in [1.807, 2.05) is 27.7 Å². The highest BCUT2D eigenvalue weighted by Crippen LogP contribution is 2.51. The third-order valence-electron chi connectivity index (χ3n) is 3.45. The molecule has 6 heteroatoms. The monoisotopic (exact) mass is 365 g/mol. The van der Waals surface area contributed by atoms with E-state index in [0.29, 0.717) is 6.61 Å². The van der Waals surface area contributed by atoms with Gasteiger partial charge in [0.2, 0.25) is 0 Å². The largest absolute Gasteiger partial charge is 0.475 e. The maximum atomic E-state index is 12.6. The first kappa shape index (κ1) is 24.1. The van der Waals surface area contributed by atoms with Crippen LogP contribution in [0.15, 0.2) is 0 Å². The summed E-state index contributed by atoms with van der Waals surface area (Å²) in [6.07, 6.45) is 6.65. The van der Waals surface area contributed by atoms with Crippen LogP contribution in [0.4, 0.5) is 0 Å². The molecule has 0 saturated carbocycles. The minimum Gasteiger partial charge on any atom is -0.303 e. The fraction of sp³-hybridized carbons (Fsp3) is 1.00. The zero-order chi connectivity index (χ0) is 18.4. The molecule has 0 radical (unpaired) electrons. The summed E-state index contributed by atoms with van der Waals surface area (Å²) in [7, 11) is -3.46. The van der Waals surface area contributed by atoms with Gasteiger partial charge in [-0.15, -0.1) is 0 Å². The zero-order valence-corrected chi connectivity index (χ0v) is 17.6. The molecule has 0 rings (SSSR count). The molecule has 0 unspecified atom stereocenters. The first-order valence-corrected chi connectivity index (χ1v) is 11.1. The molecule has 0 saturated heterocycles. The van der Waals surface area contributed by atoms with Crippen molar-refractivity contribution in [2.45, 2.75) is 92.3 Å². The van der Waals surface area contributed by atoms with Crippen LogP contribution in [0.25, 0.3) is 0 Å². The van der Waals surface area contributed by atoms with Gasteiger partial charge in [0.05, 0.1) is 18.8 Å². The van der Waals surface area contributed by atoms with Crippen LogP contribution in [0.3, 0.4) is 0 Å². The Balaban J connectivity index is 4.26. The minimum atomic E-state index is -3.46. The van der Waals surface area contributed by atoms with Gasteiger partial charge in [-0.1, -0.05) is 33.1 Å². The summed E-state index contributed by atoms with van der Waals surface area (Å²) < 4.78 is 28.9. The van der Waals surface area contributed by atoms with E-state index in [2.05, 4.69) is 18.7 Å². The van der Waals surface area contributed by atoms with Gasteiger partial charge in [0.15, 0.2) is 0 Å². The number of hydrogen-bond acceptors (Lipinski definition) is 5. The summed E-state index contributed by atoms with van der Waals surface area (Å²) >= 11 is 0. The summed E-state index contributed by atoms with van der Waals surface area (Å²) in [6.45, 7) is 15.4. The molecular weight excluding hydrogens is 325 g/mol. The van der Waals surface area contributed by atoms with Crippen molar-refractivity contribution in [2.75, 3.05) is 26.2 Å². The highest BCUT2D eigenvalue weighted by atomic mass is 31.2. The van der Waals surface area contributed by atoms with E-state index in [0.717, 1.165) is 26.1 Å². The van der Waals surface area contributed by atoms with Crippen LogP contribution in [0.2, 0.25) is 0 Å². The molecule has 0 aromatic carbocycles. The van der Waals surface area contributed by atoms with E-state index in [1.165, 1.54) is 32.1 Å². The molecule has 0 bridgehead atoms. The van der Waals surface area contributed by atoms with Crippen LogP contribution in [-0.2, 0) is 18.1 Å². The highest BCUT2D eigenvalue weighted by molar-refractivity contribution is 7.48. The highest BCUT2D eigenvalue weighted by Gasteiger charge is 2.29. The lowest BCUT2D eigenvalue weighted by atomic mass is 10.2. The second-order valence-electron chi connectivity index (χ2n) is 6.84. The van der Waals surface area contributed by atoms with Crippen LogP contribution in [0, 0.1) is 0 Å². The smallest absolute Gasteiger partial charge is 0.303 e. The van der Waals surface area contributed by atoms with Crippen molar-refractivity contribution < 1.29 is 18.1 Å². The topological polar surface area (TPSA) is 48.0 Å². The van der Waals surface area contributed by atoms with Crippen LogP contribution >= 0.6 is 7.82 Å². The van der Waals surface area contributed by atoms with E-state index >= 15 is 0 Å². The fourth-order valence-corrected chi connectivity index (χ4v) is 3.93. The molecule has 0 aromatic rings. The standard InChI is InChI=1S/C18H40NO4P/c1-7-9-11-14-19(13-10-8-2)15-12-16-21-24(20,22-17(3)4)23-18(5)6/h17-18H,7-16H2,1-6H3. The molecule has 0 N–H and O–H groups in total. The third kappa shape index (κ3) is 13.4. The van der Waals surface area contributed by atoms with Crippen molar-refractivity contribution >= 4 is 7.82 Å². The Hall–Kier alpha value is 0.0700. The molecule has 0 atom stereocenters. The molecule has 5 nitrogen and oxygen atoms in total. The Morgan fingerprint density at radius 2 is 1.29 bits per heavy atom. The van der Waals surface area contributed by atoms with Gasteiger partial charge in [-0.05, 0) is 60.0 Å². The Kier molecular flexibility index (Phi) is 14.3. The van der Waals surface area contributed by atoms with Crippen LogP contribution in [0.5, 0.6) is 0 Å². The molecule has 0 aliphatic carbocycles. The SMILES string of the molecule is CCCCCN(CCCC)CCCOP(=O)(OC(C)C)OC(C)C. The quantitative estimate of drug-likeness (QED) is 0.261. The molecule has 0 aromatic heterocycles. The molecule has 0 spiro atoms. The van der Waals surface area contributed by atoms with Gasteiger partial charge in [0, 0.05) is 6.54 Å². The van der Waals surface area contributed by atoms with Gasteiger partial charge < -0.3 is 4.90 Å². The maximum absolute atomic E-state index is 12.6. The lowest BCUT2D eigenvalue weighted by molar-refractivity contribution is 0.0696. The molecule has 0 aliphatic heterocycles. The molecule has 0 aliphatic rings. The number of hydrogen-bond donors (Lipinski definition) is 0. The second-order valence-corrected chi connectivity index (χ2v) is 8.42. The molecular formula is C18H40NO4P. The fourth-order valence-electron chi connectivity index (χ4n) is 2.37. The van der Waals surface area contributed by atoms with Crippen LogP contribution in [-0.4, -0.2) is 43.3 Å². The van der Waals surface area contributed by atoms with Gasteiger partial charge in [-0.25, -0.2) is 4.57 Å². The van der Waals surface area contributed by atoms with Crippen LogP contribution < -0.4 is 0 Å². The number of rotatable bonds is 16. The summed E-state index contributed by atoms with van der Waals surface area (Å²) in [5, 5.41) is 0. The molecule has 24 heavy (non-hydrogen) atoms. The van der Waals surface area contributed by atoms with Crippen molar-refractivity contribution in [3.8, 4) is 0 Å². The number of nitrogens with zero attached hydrogens (tertiary/aromatic N) is 1. The second kappa shape index (κ2) is 14.3. The minimum absolute atomic E-state index is 0.190. The van der Waals surface area contributed by atoms with Crippen LogP contribution in [0.1, 0.15) is 80.1 Å². The van der Waals surface area contributed by atoms with Gasteiger partial charge in [0.1, 0.15) is 0 Å². The molecule has 0 heterocycles. The predicted molar refractivity (Wildman–Crippen MR) is 101 cm³/mol. The van der Waals surface area contributed by atoms with Crippen molar-refractivity contribution in [3.05, 3.63) is 0 Å². The Labute approximate surface area is 150 Å². The van der Waals surface area contributed by atoms with Crippen molar-refractivity contribution in [3.63, 3.8) is 0 Å². The number of unbranched alkanes of at least 4 members (excludes halogenated alkanes) is 3. The Morgan fingerprint density at radius 1 is 0.792 bits per heavy atom. The Morgan fingerprint density at radius 3 is 1.79 bits per heavy atom. The average Bonchev–Trinajstić information content (AvgIpc) is 2.46. The first-order valence-electron chi connectivity index (χ1n) is 9.66. The lowest BCUT2D eigenvalue weighted by Crippen LogP contribution is -2.28. The summed E-state index contributed by atoms with van der Waals surface area (Å²) in [5.74, 6) is 0. The summed E-state index contributed by atoms with van der Waals surface area (Å²) in [6, 6.07) is 0. The lowest BCUT2D eigenvalue weighted by Gasteiger charge is -2.24. The van der Waals surface area contributed by atoms with Crippen molar-refractivity contribution in [1.82, 2.24) is 4.90 Å². The molecule has 0 fully saturated rings. The normalized spacial score (nSPS) is 12.7. The van der Waals surface area contributed by atoms with Gasteiger partial charge in [-0.3, -0.25) is 13.6 Å². The zero-order valence-electron chi connectivity index (χ0n) is 16.8.